The minimum absolute atomic E-state index is 0.0578. The third-order valence-electron chi connectivity index (χ3n) is 5.21. The van der Waals surface area contributed by atoms with Crippen LogP contribution in [0.1, 0.15) is 12.0 Å². The molecule has 1 unspecified atom stereocenters. The van der Waals surface area contributed by atoms with Crippen LogP contribution < -0.4 is 15.9 Å². The summed E-state index contributed by atoms with van der Waals surface area (Å²) in [7, 11) is -2.34. The van der Waals surface area contributed by atoms with Gasteiger partial charge in [-0.05, 0) is 49.1 Å². The monoisotopic (exact) mass is 443 g/mol. The molecule has 2 aromatic rings. The summed E-state index contributed by atoms with van der Waals surface area (Å²) in [6.07, 6.45) is 0.222. The summed E-state index contributed by atoms with van der Waals surface area (Å²) < 4.78 is 32.4. The second kappa shape index (κ2) is 10.2. The van der Waals surface area contributed by atoms with Gasteiger partial charge in [0.25, 0.3) is 5.91 Å². The summed E-state index contributed by atoms with van der Waals surface area (Å²) in [4.78, 5) is 12.4. The lowest BCUT2D eigenvalue weighted by atomic mass is 10.00. The first-order chi connectivity index (χ1) is 14.8. The van der Waals surface area contributed by atoms with Crippen LogP contribution in [0.4, 0.5) is 4.39 Å². The van der Waals surface area contributed by atoms with Crippen molar-refractivity contribution in [1.29, 1.82) is 5.26 Å². The van der Waals surface area contributed by atoms with E-state index in [0.29, 0.717) is 24.3 Å². The Kier molecular flexibility index (Phi) is 7.61. The Morgan fingerprint density at radius 3 is 2.65 bits per heavy atom. The fourth-order valence-corrected chi connectivity index (χ4v) is 4.27. The molecule has 2 aromatic carbocycles. The molecular formula is C23H27FN3O3P. The van der Waals surface area contributed by atoms with Gasteiger partial charge in [0.2, 0.25) is 0 Å². The standard InChI is InChI=1S/C23H27FN3O3P/c1-31(2,29)20-8-6-16(7-9-20)17-4-5-18(21(24)13-17)12-19(14-25)27-23(28)22-15-26-10-3-11-30-22/h4-9,13,19,22,26H,3,10-12,15H2,1-2H3,(H,27,28)/t19-,22?/m0/s1. The van der Waals surface area contributed by atoms with E-state index in [1.54, 1.807) is 37.6 Å². The van der Waals surface area contributed by atoms with Gasteiger partial charge in [-0.25, -0.2) is 4.39 Å². The average molecular weight is 443 g/mol. The summed E-state index contributed by atoms with van der Waals surface area (Å²) >= 11 is 0. The molecule has 3 rings (SSSR count). The van der Waals surface area contributed by atoms with E-state index in [0.717, 1.165) is 23.8 Å². The smallest absolute Gasteiger partial charge is 0.251 e. The van der Waals surface area contributed by atoms with Crippen molar-refractivity contribution in [3.8, 4) is 17.2 Å². The zero-order valence-corrected chi connectivity index (χ0v) is 18.6. The number of hydrogen-bond donors (Lipinski definition) is 2. The molecule has 1 aliphatic rings. The van der Waals surface area contributed by atoms with Gasteiger partial charge in [0.05, 0.1) is 6.07 Å². The zero-order chi connectivity index (χ0) is 22.4. The summed E-state index contributed by atoms with van der Waals surface area (Å²) in [6, 6.07) is 13.2. The molecule has 0 aliphatic carbocycles. The number of nitrogens with zero attached hydrogens (tertiary/aromatic N) is 1. The minimum atomic E-state index is -2.34. The molecule has 0 saturated carbocycles. The third-order valence-corrected chi connectivity index (χ3v) is 6.75. The molecule has 1 saturated heterocycles. The van der Waals surface area contributed by atoms with Crippen molar-refractivity contribution in [3.63, 3.8) is 0 Å². The number of carbonyl (C=O) groups is 1. The molecule has 2 atom stereocenters. The van der Waals surface area contributed by atoms with Crippen LogP contribution in [0.3, 0.4) is 0 Å². The van der Waals surface area contributed by atoms with Crippen LogP contribution in [0.5, 0.6) is 0 Å². The Balaban J connectivity index is 1.68. The topological polar surface area (TPSA) is 91.2 Å². The number of amides is 1. The molecule has 2 N–H and O–H groups in total. The number of benzene rings is 2. The normalized spacial score (nSPS) is 17.9. The van der Waals surface area contributed by atoms with Gasteiger partial charge in [-0.15, -0.1) is 0 Å². The molecule has 8 heteroatoms. The van der Waals surface area contributed by atoms with Crippen molar-refractivity contribution in [1.82, 2.24) is 10.6 Å². The van der Waals surface area contributed by atoms with Crippen molar-refractivity contribution in [2.45, 2.75) is 25.0 Å². The molecule has 1 fully saturated rings. The van der Waals surface area contributed by atoms with Gasteiger partial charge in [0.1, 0.15) is 25.1 Å². The van der Waals surface area contributed by atoms with Crippen molar-refractivity contribution in [3.05, 3.63) is 53.8 Å². The maximum absolute atomic E-state index is 14.7. The third kappa shape index (κ3) is 6.24. The highest BCUT2D eigenvalue weighted by atomic mass is 31.2. The number of rotatable bonds is 6. The molecule has 1 aliphatic heterocycles. The van der Waals surface area contributed by atoms with Crippen LogP contribution >= 0.6 is 7.14 Å². The van der Waals surface area contributed by atoms with Crippen molar-refractivity contribution in [2.75, 3.05) is 33.0 Å². The molecule has 31 heavy (non-hydrogen) atoms. The fraction of sp³-hybridized carbons (Fsp3) is 0.391. The number of halogens is 1. The Morgan fingerprint density at radius 2 is 2.00 bits per heavy atom. The van der Waals surface area contributed by atoms with E-state index in [2.05, 4.69) is 10.6 Å². The Bertz CT molecular complexity index is 1010. The van der Waals surface area contributed by atoms with E-state index < -0.39 is 25.1 Å². The molecular weight excluding hydrogens is 416 g/mol. The molecule has 6 nitrogen and oxygen atoms in total. The van der Waals surface area contributed by atoms with Crippen LogP contribution in [0.2, 0.25) is 0 Å². The summed E-state index contributed by atoms with van der Waals surface area (Å²) in [6.45, 7) is 5.06. The quantitative estimate of drug-likeness (QED) is 0.670. The molecule has 0 bridgehead atoms. The zero-order valence-electron chi connectivity index (χ0n) is 17.7. The van der Waals surface area contributed by atoms with Gasteiger partial charge in [-0.1, -0.05) is 36.4 Å². The minimum Gasteiger partial charge on any atom is -0.367 e. The van der Waals surface area contributed by atoms with E-state index >= 15 is 0 Å². The lowest BCUT2D eigenvalue weighted by Gasteiger charge is -2.18. The summed E-state index contributed by atoms with van der Waals surface area (Å²) in [5.41, 5.74) is 1.84. The van der Waals surface area contributed by atoms with Crippen LogP contribution in [0.25, 0.3) is 11.1 Å². The van der Waals surface area contributed by atoms with Crippen molar-refractivity contribution < 1.29 is 18.5 Å². The Hall–Kier alpha value is -2.52. The predicted octanol–water partition coefficient (Wildman–Crippen LogP) is 2.67. The molecule has 0 spiro atoms. The lowest BCUT2D eigenvalue weighted by Crippen LogP contribution is -2.46. The number of carbonyl (C=O) groups excluding carboxylic acids is 1. The maximum Gasteiger partial charge on any atom is 0.251 e. The second-order valence-corrected chi connectivity index (χ2v) is 11.2. The highest BCUT2D eigenvalue weighted by Crippen LogP contribution is 2.35. The maximum atomic E-state index is 14.7. The first-order valence-electron chi connectivity index (χ1n) is 10.2. The SMILES string of the molecule is CP(C)(=O)c1ccc(-c2ccc(C[C@@H](C#N)NC(=O)C3CNCCCO3)c(F)c2)cc1. The van der Waals surface area contributed by atoms with Gasteiger partial charge in [-0.2, -0.15) is 5.26 Å². The number of hydrogen-bond acceptors (Lipinski definition) is 5. The second-order valence-electron chi connectivity index (χ2n) is 8.02. The predicted molar refractivity (Wildman–Crippen MR) is 119 cm³/mol. The van der Waals surface area contributed by atoms with Crippen LogP contribution in [-0.4, -0.2) is 51.1 Å². The van der Waals surface area contributed by atoms with Gasteiger partial charge in [0, 0.05) is 24.9 Å². The van der Waals surface area contributed by atoms with Crippen molar-refractivity contribution in [2.24, 2.45) is 0 Å². The van der Waals surface area contributed by atoms with E-state index in [1.807, 2.05) is 18.2 Å². The first kappa shape index (κ1) is 23.1. The average Bonchev–Trinajstić information content (AvgIpc) is 3.03. The fourth-order valence-electron chi connectivity index (χ4n) is 3.40. The van der Waals surface area contributed by atoms with E-state index in [4.69, 9.17) is 4.74 Å². The van der Waals surface area contributed by atoms with E-state index in [-0.39, 0.29) is 12.3 Å². The number of nitriles is 1. The van der Waals surface area contributed by atoms with Crippen LogP contribution in [0, 0.1) is 17.1 Å². The molecule has 1 amide bonds. The highest BCUT2D eigenvalue weighted by Gasteiger charge is 2.24. The lowest BCUT2D eigenvalue weighted by molar-refractivity contribution is -0.132. The first-order valence-corrected chi connectivity index (χ1v) is 12.8. The van der Waals surface area contributed by atoms with Gasteiger partial charge in [0.15, 0.2) is 0 Å². The number of nitrogens with one attached hydrogen (secondary N) is 2. The van der Waals surface area contributed by atoms with Gasteiger partial charge in [-0.3, -0.25) is 4.79 Å². The number of ether oxygens (including phenoxy) is 1. The summed E-state index contributed by atoms with van der Waals surface area (Å²) in [5.74, 6) is -0.817. The molecule has 0 aromatic heterocycles. The highest BCUT2D eigenvalue weighted by molar-refractivity contribution is 7.70. The van der Waals surface area contributed by atoms with E-state index in [1.165, 1.54) is 6.07 Å². The van der Waals surface area contributed by atoms with Gasteiger partial charge >= 0.3 is 0 Å². The van der Waals surface area contributed by atoms with Gasteiger partial charge < -0.3 is 19.9 Å². The summed E-state index contributed by atoms with van der Waals surface area (Å²) in [5, 5.41) is 16.0. The Morgan fingerprint density at radius 1 is 1.29 bits per heavy atom. The molecule has 0 radical (unpaired) electrons. The largest absolute Gasteiger partial charge is 0.367 e. The van der Waals surface area contributed by atoms with Crippen molar-refractivity contribution >= 4 is 18.4 Å². The molecule has 1 heterocycles. The van der Waals surface area contributed by atoms with Crippen LogP contribution in [0.15, 0.2) is 42.5 Å². The molecule has 164 valence electrons. The van der Waals surface area contributed by atoms with Crippen LogP contribution in [-0.2, 0) is 20.5 Å². The Labute approximate surface area is 182 Å². The van der Waals surface area contributed by atoms with E-state index in [9.17, 15) is 19.0 Å².